The van der Waals surface area contributed by atoms with E-state index in [1.165, 1.54) is 24.5 Å². The van der Waals surface area contributed by atoms with E-state index in [1.54, 1.807) is 19.1 Å². The number of nitrogens with zero attached hydrogens (tertiary/aromatic N) is 2. The zero-order valence-electron chi connectivity index (χ0n) is 16.1. The predicted octanol–water partition coefficient (Wildman–Crippen LogP) is 3.48. The average molecular weight is 442 g/mol. The summed E-state index contributed by atoms with van der Waals surface area (Å²) < 4.78 is 41.7. The number of sulfone groups is 1. The van der Waals surface area contributed by atoms with Crippen molar-refractivity contribution in [2.45, 2.75) is 32.4 Å². The summed E-state index contributed by atoms with van der Waals surface area (Å²) in [5.41, 5.74) is 0.502. The molecule has 7 nitrogen and oxygen atoms in total. The van der Waals surface area contributed by atoms with Crippen LogP contribution in [0.25, 0.3) is 0 Å². The zero-order valence-corrected chi connectivity index (χ0v) is 17.7. The molecule has 1 aromatic carbocycles. The average Bonchev–Trinajstić information content (AvgIpc) is 2.67. The van der Waals surface area contributed by atoms with E-state index in [4.69, 9.17) is 16.3 Å². The number of carbonyl (C=O) groups excluding carboxylic acids is 1. The van der Waals surface area contributed by atoms with Gasteiger partial charge in [-0.15, -0.1) is 0 Å². The smallest absolute Gasteiger partial charge is 0.289 e. The SMILES string of the molecule is CCC(Oc1cnc(C(=O)N[C@H](C)/C=C/S(C)(=O)=O)nc1)c1cccc(F)c1Cl. The fourth-order valence-electron chi connectivity index (χ4n) is 2.37. The summed E-state index contributed by atoms with van der Waals surface area (Å²) in [7, 11) is -3.28. The third-order valence-corrected chi connectivity index (χ3v) is 4.83. The van der Waals surface area contributed by atoms with Crippen LogP contribution in [0.2, 0.25) is 5.02 Å². The monoisotopic (exact) mass is 441 g/mol. The van der Waals surface area contributed by atoms with E-state index >= 15 is 0 Å². The summed E-state index contributed by atoms with van der Waals surface area (Å²) in [5.74, 6) is -0.913. The number of rotatable bonds is 8. The Kier molecular flexibility index (Phi) is 7.69. The van der Waals surface area contributed by atoms with Gasteiger partial charge in [-0.25, -0.2) is 22.8 Å². The normalized spacial score (nSPS) is 13.8. The van der Waals surface area contributed by atoms with E-state index < -0.39 is 33.7 Å². The Hall–Kier alpha value is -2.52. The summed E-state index contributed by atoms with van der Waals surface area (Å²) in [6.45, 7) is 3.48. The highest BCUT2D eigenvalue weighted by Gasteiger charge is 2.18. The molecule has 156 valence electrons. The molecule has 0 saturated carbocycles. The maximum Gasteiger partial charge on any atom is 0.289 e. The highest BCUT2D eigenvalue weighted by molar-refractivity contribution is 7.93. The largest absolute Gasteiger partial charge is 0.482 e. The van der Waals surface area contributed by atoms with Crippen LogP contribution in [-0.4, -0.2) is 36.6 Å². The van der Waals surface area contributed by atoms with Crippen LogP contribution in [0, 0.1) is 5.82 Å². The maximum atomic E-state index is 13.7. The lowest BCUT2D eigenvalue weighted by atomic mass is 10.1. The van der Waals surface area contributed by atoms with E-state index in [2.05, 4.69) is 15.3 Å². The second-order valence-electron chi connectivity index (χ2n) is 6.32. The molecule has 0 aliphatic rings. The quantitative estimate of drug-likeness (QED) is 0.673. The van der Waals surface area contributed by atoms with E-state index in [0.717, 1.165) is 11.7 Å². The van der Waals surface area contributed by atoms with Crippen molar-refractivity contribution >= 4 is 27.3 Å². The van der Waals surface area contributed by atoms with Gasteiger partial charge in [-0.1, -0.05) is 36.7 Å². The van der Waals surface area contributed by atoms with E-state index in [0.29, 0.717) is 17.7 Å². The van der Waals surface area contributed by atoms with Gasteiger partial charge in [-0.05, 0) is 19.4 Å². The van der Waals surface area contributed by atoms with Gasteiger partial charge in [0.1, 0.15) is 11.9 Å². The topological polar surface area (TPSA) is 98.2 Å². The number of hydrogen-bond donors (Lipinski definition) is 1. The summed E-state index contributed by atoms with van der Waals surface area (Å²) in [4.78, 5) is 20.1. The lowest BCUT2D eigenvalue weighted by Crippen LogP contribution is -2.32. The lowest BCUT2D eigenvalue weighted by molar-refractivity contribution is 0.0936. The minimum Gasteiger partial charge on any atom is -0.482 e. The molecule has 0 aliphatic carbocycles. The van der Waals surface area contributed by atoms with Gasteiger partial charge in [-0.3, -0.25) is 4.79 Å². The highest BCUT2D eigenvalue weighted by Crippen LogP contribution is 2.30. The number of benzene rings is 1. The van der Waals surface area contributed by atoms with Crippen LogP contribution >= 0.6 is 11.6 Å². The summed E-state index contributed by atoms with van der Waals surface area (Å²) in [6, 6.07) is 3.96. The molecule has 1 unspecified atom stereocenters. The van der Waals surface area contributed by atoms with Gasteiger partial charge in [0.15, 0.2) is 15.6 Å². The number of nitrogens with one attached hydrogen (secondary N) is 1. The molecule has 1 N–H and O–H groups in total. The van der Waals surface area contributed by atoms with Gasteiger partial charge in [0.2, 0.25) is 5.82 Å². The first-order chi connectivity index (χ1) is 13.6. The second-order valence-corrected chi connectivity index (χ2v) is 8.63. The number of aromatic nitrogens is 2. The van der Waals surface area contributed by atoms with Gasteiger partial charge in [0.05, 0.1) is 17.4 Å². The van der Waals surface area contributed by atoms with E-state index in [1.807, 2.05) is 6.92 Å². The number of amides is 1. The van der Waals surface area contributed by atoms with Crippen molar-refractivity contribution in [3.05, 3.63) is 64.3 Å². The Balaban J connectivity index is 2.06. The highest BCUT2D eigenvalue weighted by atomic mass is 35.5. The molecule has 1 amide bonds. The molecular formula is C19H21ClFN3O4S. The molecule has 0 saturated heterocycles. The van der Waals surface area contributed by atoms with Crippen LogP contribution in [0.1, 0.15) is 42.6 Å². The van der Waals surface area contributed by atoms with Gasteiger partial charge >= 0.3 is 0 Å². The number of halogens is 2. The van der Waals surface area contributed by atoms with E-state index in [-0.39, 0.29) is 10.8 Å². The van der Waals surface area contributed by atoms with Crippen LogP contribution in [0.4, 0.5) is 4.39 Å². The minimum atomic E-state index is -3.28. The van der Waals surface area contributed by atoms with Gasteiger partial charge in [0.25, 0.3) is 5.91 Å². The Morgan fingerprint density at radius 3 is 2.59 bits per heavy atom. The van der Waals surface area contributed by atoms with Crippen molar-refractivity contribution in [3.8, 4) is 5.75 Å². The third-order valence-electron chi connectivity index (χ3n) is 3.78. The summed E-state index contributed by atoms with van der Waals surface area (Å²) in [5, 5.41) is 3.57. The van der Waals surface area contributed by atoms with Crippen LogP contribution in [0.3, 0.4) is 0 Å². The predicted molar refractivity (Wildman–Crippen MR) is 108 cm³/mol. The number of ether oxygens (including phenoxy) is 1. The van der Waals surface area contributed by atoms with Crippen molar-refractivity contribution in [3.63, 3.8) is 0 Å². The molecule has 2 aromatic rings. The molecule has 1 aromatic heterocycles. The fourth-order valence-corrected chi connectivity index (χ4v) is 3.14. The first-order valence-electron chi connectivity index (χ1n) is 8.72. The molecule has 2 rings (SSSR count). The molecule has 29 heavy (non-hydrogen) atoms. The van der Waals surface area contributed by atoms with Crippen molar-refractivity contribution in [1.29, 1.82) is 0 Å². The van der Waals surface area contributed by atoms with Crippen LogP contribution < -0.4 is 10.1 Å². The Morgan fingerprint density at radius 2 is 2.00 bits per heavy atom. The molecule has 0 fully saturated rings. The fraction of sp³-hybridized carbons (Fsp3) is 0.316. The van der Waals surface area contributed by atoms with Crippen molar-refractivity contribution < 1.29 is 22.3 Å². The first-order valence-corrected chi connectivity index (χ1v) is 11.1. The van der Waals surface area contributed by atoms with Crippen LogP contribution in [0.15, 0.2) is 42.1 Å². The van der Waals surface area contributed by atoms with Gasteiger partial charge in [-0.2, -0.15) is 0 Å². The minimum absolute atomic E-state index is 0.00704. The Labute approximate surface area is 173 Å². The molecular weight excluding hydrogens is 421 g/mol. The molecule has 0 bridgehead atoms. The van der Waals surface area contributed by atoms with Crippen molar-refractivity contribution in [1.82, 2.24) is 15.3 Å². The van der Waals surface area contributed by atoms with Crippen LogP contribution in [-0.2, 0) is 9.84 Å². The number of hydrogen-bond acceptors (Lipinski definition) is 6. The zero-order chi connectivity index (χ0) is 21.6. The molecule has 2 atom stereocenters. The molecule has 0 spiro atoms. The lowest BCUT2D eigenvalue weighted by Gasteiger charge is -2.19. The Morgan fingerprint density at radius 1 is 1.34 bits per heavy atom. The standard InChI is InChI=1S/C19H21ClFN3O4S/c1-4-16(14-6-5-7-15(21)17(14)20)28-13-10-22-18(23-11-13)19(25)24-12(2)8-9-29(3,26)27/h5-12,16H,4H2,1-3H3,(H,24,25)/b9-8+/t12-,16?/m1/s1. The van der Waals surface area contributed by atoms with Crippen molar-refractivity contribution in [2.75, 3.05) is 6.26 Å². The molecule has 10 heteroatoms. The van der Waals surface area contributed by atoms with Crippen LogP contribution in [0.5, 0.6) is 5.75 Å². The third kappa shape index (κ3) is 6.79. The summed E-state index contributed by atoms with van der Waals surface area (Å²) >= 11 is 6.02. The number of carbonyl (C=O) groups is 1. The van der Waals surface area contributed by atoms with Crippen molar-refractivity contribution in [2.24, 2.45) is 0 Å². The van der Waals surface area contributed by atoms with E-state index in [9.17, 15) is 17.6 Å². The molecule has 0 radical (unpaired) electrons. The second kappa shape index (κ2) is 9.80. The maximum absolute atomic E-state index is 13.7. The Bertz CT molecular complexity index is 997. The van der Waals surface area contributed by atoms with Gasteiger partial charge < -0.3 is 10.1 Å². The van der Waals surface area contributed by atoms with Gasteiger partial charge in [0, 0.05) is 23.3 Å². The first kappa shape index (κ1) is 22.8. The molecule has 1 heterocycles. The summed E-state index contributed by atoms with van der Waals surface area (Å²) in [6.07, 6.45) is 5.07. The molecule has 0 aliphatic heterocycles.